The Morgan fingerprint density at radius 2 is 2.12 bits per heavy atom. The summed E-state index contributed by atoms with van der Waals surface area (Å²) in [6.45, 7) is 3.27. The molecule has 0 aromatic heterocycles. The van der Waals surface area contributed by atoms with Gasteiger partial charge in [0.05, 0.1) is 12.7 Å². The van der Waals surface area contributed by atoms with Crippen molar-refractivity contribution in [2.24, 2.45) is 5.92 Å². The van der Waals surface area contributed by atoms with Crippen molar-refractivity contribution in [1.29, 1.82) is 5.26 Å². The molecule has 1 unspecified atom stereocenters. The summed E-state index contributed by atoms with van der Waals surface area (Å²) in [6, 6.07) is 2.89. The maximum Gasteiger partial charge on any atom is 0.127 e. The molecule has 0 heterocycles. The predicted octanol–water partition coefficient (Wildman–Crippen LogP) is 2.23. The maximum atomic E-state index is 9.14. The lowest BCUT2D eigenvalue weighted by Gasteiger charge is -2.27. The average Bonchev–Trinajstić information content (AvgIpc) is 2.98. The van der Waals surface area contributed by atoms with Crippen molar-refractivity contribution in [2.75, 3.05) is 13.2 Å². The van der Waals surface area contributed by atoms with Gasteiger partial charge in [0.15, 0.2) is 0 Å². The molecule has 2 fully saturated rings. The fourth-order valence-electron chi connectivity index (χ4n) is 2.09. The quantitative estimate of drug-likeness (QED) is 0.672. The first-order chi connectivity index (χ1) is 7.72. The number of ether oxygens (including phenoxy) is 1. The first-order valence-electron chi connectivity index (χ1n) is 6.48. The van der Waals surface area contributed by atoms with Crippen LogP contribution in [0.5, 0.6) is 0 Å². The minimum atomic E-state index is -0.485. The van der Waals surface area contributed by atoms with Crippen LogP contribution in [0.3, 0.4) is 0 Å². The number of hydrogen-bond donors (Lipinski definition) is 1. The number of nitriles is 1. The summed E-state index contributed by atoms with van der Waals surface area (Å²) < 4.78 is 5.64. The fraction of sp³-hybridized carbons (Fsp3) is 0.923. The Kier molecular flexibility index (Phi) is 3.83. The summed E-state index contributed by atoms with van der Waals surface area (Å²) in [5.41, 5.74) is -0.485. The molecule has 0 aromatic rings. The summed E-state index contributed by atoms with van der Waals surface area (Å²) in [5, 5.41) is 12.5. The van der Waals surface area contributed by atoms with E-state index in [-0.39, 0.29) is 0 Å². The van der Waals surface area contributed by atoms with Crippen LogP contribution in [-0.2, 0) is 4.74 Å². The molecule has 2 saturated carbocycles. The highest BCUT2D eigenvalue weighted by atomic mass is 16.5. The van der Waals surface area contributed by atoms with E-state index in [9.17, 15) is 0 Å². The molecule has 2 rings (SSSR count). The van der Waals surface area contributed by atoms with Gasteiger partial charge in [-0.25, -0.2) is 0 Å². The van der Waals surface area contributed by atoms with Crippen LogP contribution >= 0.6 is 0 Å². The predicted molar refractivity (Wildman–Crippen MR) is 63.0 cm³/mol. The molecule has 0 aliphatic heterocycles. The zero-order valence-electron chi connectivity index (χ0n) is 10.2. The van der Waals surface area contributed by atoms with E-state index in [4.69, 9.17) is 10.00 Å². The average molecular weight is 222 g/mol. The third kappa shape index (κ3) is 3.47. The minimum absolute atomic E-state index is 0.485. The first kappa shape index (κ1) is 11.9. The molecule has 0 saturated heterocycles. The highest BCUT2D eigenvalue weighted by Crippen LogP contribution is 2.29. The lowest BCUT2D eigenvalue weighted by atomic mass is 9.83. The smallest absolute Gasteiger partial charge is 0.127 e. The monoisotopic (exact) mass is 222 g/mol. The van der Waals surface area contributed by atoms with Gasteiger partial charge in [0.1, 0.15) is 5.54 Å². The van der Waals surface area contributed by atoms with E-state index < -0.39 is 5.54 Å². The Labute approximate surface area is 98.2 Å². The molecule has 0 spiro atoms. The van der Waals surface area contributed by atoms with Crippen molar-refractivity contribution in [3.8, 4) is 6.07 Å². The molecule has 1 atom stereocenters. The van der Waals surface area contributed by atoms with Crippen LogP contribution in [0.2, 0.25) is 0 Å². The van der Waals surface area contributed by atoms with E-state index in [0.717, 1.165) is 12.5 Å². The van der Waals surface area contributed by atoms with Gasteiger partial charge in [-0.05, 0) is 32.1 Å². The van der Waals surface area contributed by atoms with E-state index in [1.165, 1.54) is 38.5 Å². The van der Waals surface area contributed by atoms with E-state index in [1.54, 1.807) is 0 Å². The summed E-state index contributed by atoms with van der Waals surface area (Å²) in [5.74, 6) is 0.893. The minimum Gasteiger partial charge on any atom is -0.378 e. The van der Waals surface area contributed by atoms with Crippen molar-refractivity contribution < 1.29 is 4.74 Å². The third-order valence-electron chi connectivity index (χ3n) is 3.63. The summed E-state index contributed by atoms with van der Waals surface area (Å²) in [4.78, 5) is 0. The second kappa shape index (κ2) is 5.16. The Bertz CT molecular complexity index is 266. The van der Waals surface area contributed by atoms with Crippen LogP contribution in [0, 0.1) is 17.2 Å². The van der Waals surface area contributed by atoms with E-state index in [1.807, 2.05) is 6.92 Å². The normalized spacial score (nSPS) is 24.5. The van der Waals surface area contributed by atoms with Gasteiger partial charge in [0.25, 0.3) is 0 Å². The Hall–Kier alpha value is -0.590. The molecule has 2 aliphatic rings. The second-order valence-corrected chi connectivity index (χ2v) is 5.50. The fourth-order valence-corrected chi connectivity index (χ4v) is 2.09. The van der Waals surface area contributed by atoms with Crippen LogP contribution < -0.4 is 5.32 Å². The molecular weight excluding hydrogens is 200 g/mol. The summed E-state index contributed by atoms with van der Waals surface area (Å²) >= 11 is 0. The maximum absolute atomic E-state index is 9.14. The highest BCUT2D eigenvalue weighted by molar-refractivity contribution is 5.07. The van der Waals surface area contributed by atoms with Crippen LogP contribution in [0.15, 0.2) is 0 Å². The second-order valence-electron chi connectivity index (χ2n) is 5.50. The van der Waals surface area contributed by atoms with Gasteiger partial charge in [-0.3, -0.25) is 5.32 Å². The van der Waals surface area contributed by atoms with Crippen LogP contribution in [0.25, 0.3) is 0 Å². The van der Waals surface area contributed by atoms with Crippen LogP contribution in [0.1, 0.15) is 45.4 Å². The highest BCUT2D eigenvalue weighted by Gasteiger charge is 2.32. The molecule has 0 amide bonds. The molecule has 3 nitrogen and oxygen atoms in total. The number of nitrogens with zero attached hydrogens (tertiary/aromatic N) is 1. The van der Waals surface area contributed by atoms with Gasteiger partial charge in [0, 0.05) is 12.6 Å². The summed E-state index contributed by atoms with van der Waals surface area (Å²) in [7, 11) is 0. The molecule has 3 heteroatoms. The van der Waals surface area contributed by atoms with E-state index >= 15 is 0 Å². The molecule has 16 heavy (non-hydrogen) atoms. The first-order valence-corrected chi connectivity index (χ1v) is 6.48. The van der Waals surface area contributed by atoms with Crippen molar-refractivity contribution in [1.82, 2.24) is 5.32 Å². The number of nitrogens with one attached hydrogen (secondary N) is 1. The van der Waals surface area contributed by atoms with Crippen LogP contribution in [-0.4, -0.2) is 24.8 Å². The van der Waals surface area contributed by atoms with Gasteiger partial charge in [-0.2, -0.15) is 5.26 Å². The van der Waals surface area contributed by atoms with Gasteiger partial charge in [-0.1, -0.05) is 19.3 Å². The molecule has 0 radical (unpaired) electrons. The third-order valence-corrected chi connectivity index (χ3v) is 3.63. The topological polar surface area (TPSA) is 45.0 Å². The number of rotatable bonds is 7. The largest absolute Gasteiger partial charge is 0.378 e. The van der Waals surface area contributed by atoms with Crippen molar-refractivity contribution >= 4 is 0 Å². The Morgan fingerprint density at radius 1 is 1.38 bits per heavy atom. The van der Waals surface area contributed by atoms with E-state index in [2.05, 4.69) is 11.4 Å². The molecule has 0 bridgehead atoms. The SMILES string of the molecule is CC(C#N)(COCCC1CCC1)NC1CC1. The van der Waals surface area contributed by atoms with Crippen molar-refractivity contribution in [3.63, 3.8) is 0 Å². The molecule has 90 valence electrons. The number of hydrogen-bond acceptors (Lipinski definition) is 3. The lowest BCUT2D eigenvalue weighted by Crippen LogP contribution is -2.46. The van der Waals surface area contributed by atoms with Crippen molar-refractivity contribution in [2.45, 2.75) is 57.0 Å². The van der Waals surface area contributed by atoms with Gasteiger partial charge in [0.2, 0.25) is 0 Å². The zero-order valence-corrected chi connectivity index (χ0v) is 10.2. The molecule has 2 aliphatic carbocycles. The summed E-state index contributed by atoms with van der Waals surface area (Å²) in [6.07, 6.45) is 7.73. The van der Waals surface area contributed by atoms with Crippen LogP contribution in [0.4, 0.5) is 0 Å². The standard InChI is InChI=1S/C13H22N2O/c1-13(9-14,15-12-5-6-12)10-16-8-7-11-3-2-4-11/h11-12,15H,2-8,10H2,1H3. The van der Waals surface area contributed by atoms with E-state index in [0.29, 0.717) is 12.6 Å². The van der Waals surface area contributed by atoms with Gasteiger partial charge >= 0.3 is 0 Å². The van der Waals surface area contributed by atoms with Crippen molar-refractivity contribution in [3.05, 3.63) is 0 Å². The molecular formula is C13H22N2O. The van der Waals surface area contributed by atoms with Gasteiger partial charge < -0.3 is 4.74 Å². The Balaban J connectivity index is 1.59. The zero-order chi connectivity index (χ0) is 11.4. The Morgan fingerprint density at radius 3 is 2.62 bits per heavy atom. The lowest BCUT2D eigenvalue weighted by molar-refractivity contribution is 0.0755. The van der Waals surface area contributed by atoms with Gasteiger partial charge in [-0.15, -0.1) is 0 Å². The molecule has 0 aromatic carbocycles. The molecule has 1 N–H and O–H groups in total.